The van der Waals surface area contributed by atoms with Gasteiger partial charge in [-0.15, -0.1) is 0 Å². The summed E-state index contributed by atoms with van der Waals surface area (Å²) >= 11 is 0. The van der Waals surface area contributed by atoms with Crippen molar-refractivity contribution in [2.24, 2.45) is 0 Å². The van der Waals surface area contributed by atoms with Crippen LogP contribution in [0.15, 0.2) is 285 Å². The molecule has 0 amide bonds. The fraction of sp³-hybridized carbons (Fsp3) is 0.0588. The minimum absolute atomic E-state index is 0.0127. The molecule has 0 N–H and O–H groups in total. The molecule has 0 spiro atoms. The monoisotopic (exact) mass is 1340 g/mol. The lowest BCUT2D eigenvalue weighted by Crippen LogP contribution is -2.09. The number of hydrogen-bond donors (Lipinski definition) is 0. The van der Waals surface area contributed by atoms with E-state index in [9.17, 15) is 24.4 Å². The number of nitrogens with zero attached hydrogens (tertiary/aromatic N) is 6. The summed E-state index contributed by atoms with van der Waals surface area (Å²) in [6.45, 7) is -0.0467. The van der Waals surface area contributed by atoms with Crippen molar-refractivity contribution in [3.05, 3.63) is 341 Å². The van der Waals surface area contributed by atoms with Crippen LogP contribution < -0.4 is 0 Å². The third-order valence-electron chi connectivity index (χ3n) is 17.6. The standard InChI is InChI=1S/C85H55F3N6O8/c86-85(87,88)65-34-35-66(77(47-65)94-74-39-32-63(83(97)101-51-55-21-10-3-11-22-55)45-69(74)70-46-64(33-40-75(70)94)84(98)102-52-56-23-12-4-13-24-56)79-90-78(58-26-14-5-15-27-58)91-80(92-79)71-42-60(59-28-16-25-57(41-59)48-89)29-36-76(71)93-72-37-30-61(81(95)99-49-53-17-6-1-7-18-53)43-67(72)68-44-62(31-38-73(68)93)82(96)100-50-54-19-8-2-9-20-54/h1-47H,49-52H2. The van der Waals surface area contributed by atoms with E-state index >= 15 is 13.2 Å². The van der Waals surface area contributed by atoms with Crippen LogP contribution in [0.2, 0.25) is 0 Å². The molecule has 17 heteroatoms. The quantitative estimate of drug-likeness (QED) is 0.0587. The fourth-order valence-electron chi connectivity index (χ4n) is 12.6. The van der Waals surface area contributed by atoms with Crippen molar-refractivity contribution in [1.29, 1.82) is 5.26 Å². The van der Waals surface area contributed by atoms with Crippen molar-refractivity contribution in [2.75, 3.05) is 0 Å². The van der Waals surface area contributed by atoms with Crippen LogP contribution in [0.4, 0.5) is 13.2 Å². The van der Waals surface area contributed by atoms with Crippen LogP contribution in [0.5, 0.6) is 0 Å². The molecule has 0 aliphatic rings. The van der Waals surface area contributed by atoms with E-state index < -0.39 is 35.6 Å². The maximum absolute atomic E-state index is 15.5. The molecule has 14 nitrogen and oxygen atoms in total. The molecule has 0 fully saturated rings. The minimum Gasteiger partial charge on any atom is -0.457 e. The Morgan fingerprint density at radius 3 is 1.11 bits per heavy atom. The van der Waals surface area contributed by atoms with Crippen LogP contribution in [-0.4, -0.2) is 48.0 Å². The van der Waals surface area contributed by atoms with E-state index in [1.54, 1.807) is 108 Å². The Kier molecular flexibility index (Phi) is 17.5. The molecule has 0 aliphatic heterocycles. The van der Waals surface area contributed by atoms with Gasteiger partial charge in [0.15, 0.2) is 17.5 Å². The van der Waals surface area contributed by atoms with Crippen LogP contribution >= 0.6 is 0 Å². The van der Waals surface area contributed by atoms with Crippen LogP contribution in [0.3, 0.4) is 0 Å². The lowest BCUT2D eigenvalue weighted by molar-refractivity contribution is -0.137. The van der Waals surface area contributed by atoms with Gasteiger partial charge in [-0.1, -0.05) is 170 Å². The summed E-state index contributed by atoms with van der Waals surface area (Å²) in [5, 5.41) is 12.1. The highest BCUT2D eigenvalue weighted by molar-refractivity contribution is 6.15. The van der Waals surface area contributed by atoms with Gasteiger partial charge < -0.3 is 28.1 Å². The third-order valence-corrected chi connectivity index (χ3v) is 17.6. The van der Waals surface area contributed by atoms with Gasteiger partial charge in [0.25, 0.3) is 0 Å². The molecule has 0 aliphatic carbocycles. The van der Waals surface area contributed by atoms with Crippen LogP contribution in [0.25, 0.3) is 100 Å². The van der Waals surface area contributed by atoms with E-state index in [0.717, 1.165) is 34.4 Å². The van der Waals surface area contributed by atoms with Gasteiger partial charge in [-0.3, -0.25) is 0 Å². The summed E-state index contributed by atoms with van der Waals surface area (Å²) in [4.78, 5) is 71.9. The van der Waals surface area contributed by atoms with Crippen molar-refractivity contribution in [2.45, 2.75) is 32.6 Å². The number of esters is 4. The maximum Gasteiger partial charge on any atom is 0.416 e. The van der Waals surface area contributed by atoms with Crippen molar-refractivity contribution in [3.63, 3.8) is 0 Å². The number of nitriles is 1. The van der Waals surface area contributed by atoms with E-state index in [2.05, 4.69) is 6.07 Å². The highest BCUT2D eigenvalue weighted by Crippen LogP contribution is 2.43. The molecule has 12 aromatic carbocycles. The zero-order valence-electron chi connectivity index (χ0n) is 54.0. The van der Waals surface area contributed by atoms with Crippen molar-refractivity contribution in [1.82, 2.24) is 24.1 Å². The molecule has 3 aromatic heterocycles. The first-order chi connectivity index (χ1) is 49.8. The summed E-state index contributed by atoms with van der Waals surface area (Å²) in [7, 11) is 0. The highest BCUT2D eigenvalue weighted by atomic mass is 19.4. The summed E-state index contributed by atoms with van der Waals surface area (Å²) in [5.41, 5.74) is 7.84. The van der Waals surface area contributed by atoms with E-state index in [-0.39, 0.29) is 77.4 Å². The van der Waals surface area contributed by atoms with E-state index in [1.165, 1.54) is 18.2 Å². The van der Waals surface area contributed by atoms with Gasteiger partial charge in [0.1, 0.15) is 26.4 Å². The molecule has 0 atom stereocenters. The first-order valence-corrected chi connectivity index (χ1v) is 32.5. The third kappa shape index (κ3) is 13.2. The topological polar surface area (TPSA) is 178 Å². The summed E-state index contributed by atoms with van der Waals surface area (Å²) in [6.07, 6.45) is -4.87. The van der Waals surface area contributed by atoms with Crippen molar-refractivity contribution >= 4 is 67.5 Å². The van der Waals surface area contributed by atoms with Crippen LogP contribution in [0, 0.1) is 11.3 Å². The SMILES string of the molecule is N#Cc1cccc(-c2ccc(-n3c4ccc(C(=O)OCc5ccccc5)cc4c4cc(C(=O)OCc5ccccc5)ccc43)c(-c3nc(-c4ccccc4)nc(-c4ccc(C(F)(F)F)cc4-n4c5ccc(C(=O)OCc6ccccc6)cc5c5cc(C(=O)OCc6ccccc6)ccc54)n3)c2)c1. The highest BCUT2D eigenvalue weighted by Gasteiger charge is 2.33. The molecule has 15 aromatic rings. The number of halogens is 3. The lowest BCUT2D eigenvalue weighted by Gasteiger charge is -2.18. The van der Waals surface area contributed by atoms with Gasteiger partial charge in [0.05, 0.1) is 72.9 Å². The van der Waals surface area contributed by atoms with E-state index in [4.69, 9.17) is 33.9 Å². The maximum atomic E-state index is 15.5. The number of benzene rings is 12. The van der Waals surface area contributed by atoms with Crippen molar-refractivity contribution in [3.8, 4) is 62.7 Å². The first-order valence-electron chi connectivity index (χ1n) is 32.5. The average Bonchev–Trinajstić information content (AvgIpc) is 1.56. The predicted octanol–water partition coefficient (Wildman–Crippen LogP) is 19.1. The number of carbonyl (C=O) groups is 4. The normalized spacial score (nSPS) is 11.4. The lowest BCUT2D eigenvalue weighted by atomic mass is 9.99. The number of carbonyl (C=O) groups excluding carboxylic acids is 4. The zero-order valence-corrected chi connectivity index (χ0v) is 54.0. The number of ether oxygens (including phenoxy) is 4. The molecule has 0 saturated carbocycles. The zero-order chi connectivity index (χ0) is 69.8. The number of alkyl halides is 3. The van der Waals surface area contributed by atoms with E-state index in [0.29, 0.717) is 77.1 Å². The molecule has 0 radical (unpaired) electrons. The van der Waals surface area contributed by atoms with Gasteiger partial charge in [0.2, 0.25) is 0 Å². The minimum atomic E-state index is -4.87. The largest absolute Gasteiger partial charge is 0.457 e. The van der Waals surface area contributed by atoms with Gasteiger partial charge in [0, 0.05) is 38.2 Å². The molecule has 0 unspecified atom stereocenters. The second-order valence-electron chi connectivity index (χ2n) is 24.2. The van der Waals surface area contributed by atoms with Crippen LogP contribution in [0.1, 0.15) is 74.8 Å². The summed E-state index contributed by atoms with van der Waals surface area (Å²) in [6, 6.07) is 84.0. The van der Waals surface area contributed by atoms with Gasteiger partial charge >= 0.3 is 30.1 Å². The number of rotatable bonds is 18. The smallest absolute Gasteiger partial charge is 0.416 e. The summed E-state index contributed by atoms with van der Waals surface area (Å²) < 4.78 is 73.5. The predicted molar refractivity (Wildman–Crippen MR) is 382 cm³/mol. The Bertz CT molecular complexity index is 5580. The van der Waals surface area contributed by atoms with E-state index in [1.807, 2.05) is 156 Å². The number of aromatic nitrogens is 5. The second-order valence-corrected chi connectivity index (χ2v) is 24.2. The molecule has 0 saturated heterocycles. The second kappa shape index (κ2) is 27.7. The van der Waals surface area contributed by atoms with Gasteiger partial charge in [-0.25, -0.2) is 34.1 Å². The Morgan fingerprint density at radius 1 is 0.343 bits per heavy atom. The average molecular weight is 1350 g/mol. The Balaban J connectivity index is 0.941. The Labute approximate surface area is 581 Å². The van der Waals surface area contributed by atoms with Crippen LogP contribution in [-0.2, 0) is 51.6 Å². The van der Waals surface area contributed by atoms with Gasteiger partial charge in [-0.05, 0) is 149 Å². The Hall–Kier alpha value is -13.6. The van der Waals surface area contributed by atoms with Crippen molar-refractivity contribution < 1.29 is 51.3 Å². The molecular formula is C85H55F3N6O8. The number of hydrogen-bond acceptors (Lipinski definition) is 12. The molecular weight excluding hydrogens is 1290 g/mol. The van der Waals surface area contributed by atoms with Gasteiger partial charge in [-0.2, -0.15) is 18.4 Å². The first kappa shape index (κ1) is 64.4. The fourth-order valence-corrected chi connectivity index (χ4v) is 12.6. The molecule has 102 heavy (non-hydrogen) atoms. The molecule has 494 valence electrons. The molecule has 15 rings (SSSR count). The molecule has 0 bridgehead atoms. The molecule has 3 heterocycles. The number of fused-ring (bicyclic) bond motifs is 6. The Morgan fingerprint density at radius 2 is 0.706 bits per heavy atom. The summed E-state index contributed by atoms with van der Waals surface area (Å²) in [5.74, 6) is -2.36.